The molecule has 1 spiro atoms. The Balaban J connectivity index is 0.000000170. The maximum absolute atomic E-state index is 11.6. The summed E-state index contributed by atoms with van der Waals surface area (Å²) in [6.07, 6.45) is 8.62. The molecule has 1 aromatic carbocycles. The molecule has 3 N–H and O–H groups in total. The molecular weight excluding hydrogens is 416 g/mol. The number of H-pyrrole nitrogens is 1. The third-order valence-electron chi connectivity index (χ3n) is 7.60. The molecule has 2 aromatic rings. The molecule has 3 aliphatic carbocycles. The van der Waals surface area contributed by atoms with E-state index in [-0.39, 0.29) is 0 Å². The molecule has 1 aromatic heterocycles. The Morgan fingerprint density at radius 2 is 2.09 bits per heavy atom. The number of carbonyl (C=O) groups is 2. The lowest BCUT2D eigenvalue weighted by atomic mass is 9.77. The first-order valence-electron chi connectivity index (χ1n) is 12.1. The van der Waals surface area contributed by atoms with Crippen molar-refractivity contribution in [3.8, 4) is 0 Å². The predicted octanol–water partition coefficient (Wildman–Crippen LogP) is 5.42. The zero-order valence-electron chi connectivity index (χ0n) is 20.6. The number of anilines is 1. The van der Waals surface area contributed by atoms with Crippen molar-refractivity contribution in [1.82, 2.24) is 15.3 Å². The lowest BCUT2D eigenvalue weighted by Gasteiger charge is -2.28. The fraction of sp³-hybridized carbons (Fsp3) is 0.654. The highest BCUT2D eigenvalue weighted by Gasteiger charge is 2.72. The van der Waals surface area contributed by atoms with Gasteiger partial charge in [0, 0.05) is 19.2 Å². The Morgan fingerprint density at radius 1 is 1.30 bits per heavy atom. The van der Waals surface area contributed by atoms with Crippen molar-refractivity contribution in [3.63, 3.8) is 0 Å². The number of nitrogens with one attached hydrogen (secondary N) is 3. The van der Waals surface area contributed by atoms with E-state index in [1.165, 1.54) is 38.4 Å². The minimum atomic E-state index is -0.500. The van der Waals surface area contributed by atoms with E-state index < -0.39 is 11.7 Å². The topological polar surface area (TPSA) is 96.1 Å². The average molecular weight is 455 g/mol. The number of aromatic nitrogens is 2. The number of benzene rings is 1. The highest BCUT2D eigenvalue weighted by molar-refractivity contribution is 5.79. The Morgan fingerprint density at radius 3 is 2.79 bits per heavy atom. The van der Waals surface area contributed by atoms with Crippen molar-refractivity contribution in [2.45, 2.75) is 78.4 Å². The van der Waals surface area contributed by atoms with Crippen molar-refractivity contribution in [2.75, 3.05) is 12.4 Å². The number of aromatic amines is 1. The molecule has 5 rings (SSSR count). The lowest BCUT2D eigenvalue weighted by Crippen LogP contribution is -2.32. The van der Waals surface area contributed by atoms with Gasteiger partial charge in [0.1, 0.15) is 17.7 Å². The molecule has 4 unspecified atom stereocenters. The average Bonchev–Trinajstić information content (AvgIpc) is 3.02. The van der Waals surface area contributed by atoms with Gasteiger partial charge in [-0.05, 0) is 93.7 Å². The number of hydrogen-bond acceptors (Lipinski definition) is 5. The summed E-state index contributed by atoms with van der Waals surface area (Å²) < 4.78 is 5.17. The summed E-state index contributed by atoms with van der Waals surface area (Å²) in [5.41, 5.74) is 3.45. The van der Waals surface area contributed by atoms with Gasteiger partial charge in [0.25, 0.3) is 0 Å². The summed E-state index contributed by atoms with van der Waals surface area (Å²) in [6, 6.07) is 5.85. The Labute approximate surface area is 196 Å². The third kappa shape index (κ3) is 5.02. The van der Waals surface area contributed by atoms with Crippen molar-refractivity contribution in [1.29, 1.82) is 0 Å². The highest BCUT2D eigenvalue weighted by Crippen LogP contribution is 2.81. The number of nitrogens with zero attached hydrogens (tertiary/aromatic N) is 1. The smallest absolute Gasteiger partial charge is 0.408 e. The fourth-order valence-electron chi connectivity index (χ4n) is 6.52. The van der Waals surface area contributed by atoms with Crippen LogP contribution < -0.4 is 10.6 Å². The third-order valence-corrected chi connectivity index (χ3v) is 7.60. The Bertz CT molecular complexity index is 1030. The zero-order chi connectivity index (χ0) is 23.9. The molecule has 2 bridgehead atoms. The quantitative estimate of drug-likeness (QED) is 0.524. The van der Waals surface area contributed by atoms with Gasteiger partial charge in [-0.3, -0.25) is 0 Å². The van der Waals surface area contributed by atoms with Gasteiger partial charge in [0.15, 0.2) is 0 Å². The molecule has 33 heavy (non-hydrogen) atoms. The fourth-order valence-corrected chi connectivity index (χ4v) is 6.52. The van der Waals surface area contributed by atoms with Crippen LogP contribution in [0.3, 0.4) is 0 Å². The molecule has 3 aliphatic rings. The van der Waals surface area contributed by atoms with Gasteiger partial charge in [-0.2, -0.15) is 0 Å². The molecule has 0 aliphatic heterocycles. The van der Waals surface area contributed by atoms with E-state index in [1.54, 1.807) is 0 Å². The monoisotopic (exact) mass is 454 g/mol. The SMILES string of the molecule is CC1CC2CC3(CC=O)CC3(C1)C2.CNc1ccc2nc(CNC(=O)OC(C)(C)C)[nH]c2c1. The van der Waals surface area contributed by atoms with E-state index in [2.05, 4.69) is 27.5 Å². The van der Waals surface area contributed by atoms with Crippen molar-refractivity contribution in [3.05, 3.63) is 24.0 Å². The largest absolute Gasteiger partial charge is 0.444 e. The van der Waals surface area contributed by atoms with Crippen LogP contribution in [0.4, 0.5) is 10.5 Å². The highest BCUT2D eigenvalue weighted by atomic mass is 16.6. The number of ether oxygens (including phenoxy) is 1. The molecular formula is C26H38N4O3. The predicted molar refractivity (Wildman–Crippen MR) is 130 cm³/mol. The van der Waals surface area contributed by atoms with Crippen LogP contribution in [-0.4, -0.2) is 35.0 Å². The van der Waals surface area contributed by atoms with Crippen LogP contribution in [0.25, 0.3) is 11.0 Å². The Hall–Kier alpha value is -2.57. The van der Waals surface area contributed by atoms with Crippen LogP contribution in [0.5, 0.6) is 0 Å². The molecule has 0 radical (unpaired) electrons. The first kappa shape index (κ1) is 23.6. The first-order valence-corrected chi connectivity index (χ1v) is 12.1. The summed E-state index contributed by atoms with van der Waals surface area (Å²) in [5.74, 6) is 2.59. The number of hydrogen-bond donors (Lipinski definition) is 3. The summed E-state index contributed by atoms with van der Waals surface area (Å²) >= 11 is 0. The first-order chi connectivity index (χ1) is 15.6. The van der Waals surface area contributed by atoms with E-state index in [9.17, 15) is 9.59 Å². The number of aldehydes is 1. The molecule has 0 saturated heterocycles. The second-order valence-corrected chi connectivity index (χ2v) is 11.4. The second-order valence-electron chi connectivity index (χ2n) is 11.4. The normalized spacial score (nSPS) is 29.5. The molecule has 7 nitrogen and oxygen atoms in total. The minimum Gasteiger partial charge on any atom is -0.444 e. The maximum atomic E-state index is 11.6. The number of imidazole rings is 1. The van der Waals surface area contributed by atoms with Crippen molar-refractivity contribution >= 4 is 29.1 Å². The van der Waals surface area contributed by atoms with Crippen LogP contribution in [0.2, 0.25) is 0 Å². The summed E-state index contributed by atoms with van der Waals surface area (Å²) in [6.45, 7) is 8.18. The molecule has 4 atom stereocenters. The van der Waals surface area contributed by atoms with Gasteiger partial charge >= 0.3 is 6.09 Å². The number of fused-ring (bicyclic) bond motifs is 2. The molecule has 1 heterocycles. The van der Waals surface area contributed by atoms with E-state index >= 15 is 0 Å². The van der Waals surface area contributed by atoms with Gasteiger partial charge < -0.3 is 25.1 Å². The Kier molecular flexibility index (Phi) is 6.18. The standard InChI is InChI=1S/C14H20N4O2.C12H18O/c1-14(2,3)20-13(19)16-8-12-17-10-6-5-9(15-4)7-11(10)18-12;1-9-4-10-6-11(2-3-13)8-12(11,5-9)7-10/h5-7,15H,8H2,1-4H3,(H,16,19)(H,17,18);3,9-10H,2,4-8H2,1H3. The number of rotatable bonds is 5. The van der Waals surface area contributed by atoms with E-state index in [4.69, 9.17) is 4.74 Å². The lowest BCUT2D eigenvalue weighted by molar-refractivity contribution is -0.109. The van der Waals surface area contributed by atoms with E-state index in [0.29, 0.717) is 23.2 Å². The van der Waals surface area contributed by atoms with E-state index in [1.807, 2.05) is 46.0 Å². The van der Waals surface area contributed by atoms with Crippen LogP contribution in [0.1, 0.15) is 72.0 Å². The molecule has 7 heteroatoms. The van der Waals surface area contributed by atoms with Crippen LogP contribution in [0.15, 0.2) is 18.2 Å². The van der Waals surface area contributed by atoms with Gasteiger partial charge in [-0.25, -0.2) is 9.78 Å². The maximum Gasteiger partial charge on any atom is 0.408 e. The number of amides is 1. The molecule has 1 amide bonds. The summed E-state index contributed by atoms with van der Waals surface area (Å²) in [4.78, 5) is 29.8. The van der Waals surface area contributed by atoms with Crippen molar-refractivity contribution in [2.24, 2.45) is 22.7 Å². The second kappa shape index (κ2) is 8.65. The van der Waals surface area contributed by atoms with Crippen LogP contribution >= 0.6 is 0 Å². The van der Waals surface area contributed by atoms with Gasteiger partial charge in [-0.1, -0.05) is 6.92 Å². The minimum absolute atomic E-state index is 0.304. The van der Waals surface area contributed by atoms with Gasteiger partial charge in [0.2, 0.25) is 0 Å². The number of carbonyl (C=O) groups excluding carboxylic acids is 2. The van der Waals surface area contributed by atoms with Crippen LogP contribution in [0, 0.1) is 22.7 Å². The van der Waals surface area contributed by atoms with E-state index in [0.717, 1.165) is 35.0 Å². The van der Waals surface area contributed by atoms with Crippen LogP contribution in [-0.2, 0) is 16.1 Å². The molecule has 3 saturated carbocycles. The molecule has 180 valence electrons. The van der Waals surface area contributed by atoms with Crippen molar-refractivity contribution < 1.29 is 14.3 Å². The number of alkyl carbamates (subject to hydrolysis) is 1. The molecule has 3 fully saturated rings. The van der Waals surface area contributed by atoms with Gasteiger partial charge in [-0.15, -0.1) is 0 Å². The zero-order valence-corrected chi connectivity index (χ0v) is 20.6. The summed E-state index contributed by atoms with van der Waals surface area (Å²) in [7, 11) is 1.86. The summed E-state index contributed by atoms with van der Waals surface area (Å²) in [5, 5.41) is 5.74. The van der Waals surface area contributed by atoms with Gasteiger partial charge in [0.05, 0.1) is 17.6 Å².